The van der Waals surface area contributed by atoms with E-state index in [0.717, 1.165) is 5.56 Å². The van der Waals surface area contributed by atoms with Crippen LogP contribution >= 0.6 is 0 Å². The molecule has 0 spiro atoms. The maximum Gasteiger partial charge on any atom is 0.228 e. The summed E-state index contributed by atoms with van der Waals surface area (Å²) in [5, 5.41) is 2.81. The van der Waals surface area contributed by atoms with Crippen LogP contribution in [0.3, 0.4) is 0 Å². The molecular weight excluding hydrogens is 378 g/mol. The van der Waals surface area contributed by atoms with E-state index in [1.165, 1.54) is 22.3 Å². The van der Waals surface area contributed by atoms with Gasteiger partial charge in [-0.1, -0.05) is 6.07 Å². The molecule has 7 nitrogen and oxygen atoms in total. The van der Waals surface area contributed by atoms with Gasteiger partial charge in [0.25, 0.3) is 0 Å². The number of hydrogen-bond acceptors (Lipinski definition) is 5. The summed E-state index contributed by atoms with van der Waals surface area (Å²) in [7, 11) is -3.28. The summed E-state index contributed by atoms with van der Waals surface area (Å²) in [5.74, 6) is 0.575. The summed E-state index contributed by atoms with van der Waals surface area (Å²) in [6.45, 7) is 4.74. The molecule has 1 aromatic heterocycles. The highest BCUT2D eigenvalue weighted by atomic mass is 32.2. The number of hydrogen-bond donors (Lipinski definition) is 1. The SMILES string of the molecule is Cc1ccc(Oc2ccc(NC(=O)[C@H]3CCCN(S(C)(=O)=O)C3)cn2)cc1C. The number of ether oxygens (including phenoxy) is 1. The quantitative estimate of drug-likeness (QED) is 0.829. The first-order valence-corrected chi connectivity index (χ1v) is 11.0. The van der Waals surface area contributed by atoms with Crippen molar-refractivity contribution in [2.75, 3.05) is 24.7 Å². The number of piperidine rings is 1. The van der Waals surface area contributed by atoms with Crippen LogP contribution in [0.5, 0.6) is 11.6 Å². The van der Waals surface area contributed by atoms with Crippen molar-refractivity contribution in [1.82, 2.24) is 9.29 Å². The molecule has 0 bridgehead atoms. The first-order chi connectivity index (χ1) is 13.2. The molecule has 150 valence electrons. The molecule has 2 heterocycles. The number of pyridine rings is 1. The molecule has 0 saturated carbocycles. The van der Waals surface area contributed by atoms with Crippen LogP contribution in [-0.4, -0.2) is 43.0 Å². The van der Waals surface area contributed by atoms with E-state index in [1.807, 2.05) is 32.0 Å². The largest absolute Gasteiger partial charge is 0.439 e. The monoisotopic (exact) mass is 403 g/mol. The van der Waals surface area contributed by atoms with Gasteiger partial charge in [-0.3, -0.25) is 4.79 Å². The second kappa shape index (κ2) is 8.28. The highest BCUT2D eigenvalue weighted by Crippen LogP contribution is 2.24. The number of nitrogens with one attached hydrogen (secondary N) is 1. The Morgan fingerprint density at radius 3 is 2.64 bits per heavy atom. The third kappa shape index (κ3) is 5.08. The summed E-state index contributed by atoms with van der Waals surface area (Å²) in [4.78, 5) is 16.7. The Bertz CT molecular complexity index is 958. The standard InChI is InChI=1S/C20H25N3O4S/c1-14-6-8-18(11-15(14)2)27-19-9-7-17(12-21-19)22-20(24)16-5-4-10-23(13-16)28(3,25)26/h6-9,11-12,16H,4-5,10,13H2,1-3H3,(H,22,24)/t16-/m0/s1. The minimum Gasteiger partial charge on any atom is -0.439 e. The molecule has 1 atom stereocenters. The number of carbonyl (C=O) groups excluding carboxylic acids is 1. The first-order valence-electron chi connectivity index (χ1n) is 9.19. The van der Waals surface area contributed by atoms with Crippen molar-refractivity contribution in [3.63, 3.8) is 0 Å². The lowest BCUT2D eigenvalue weighted by Crippen LogP contribution is -2.43. The summed E-state index contributed by atoms with van der Waals surface area (Å²) >= 11 is 0. The Balaban J connectivity index is 1.60. The molecule has 1 fully saturated rings. The molecular formula is C20H25N3O4S. The second-order valence-corrected chi connectivity index (χ2v) is 9.17. The number of sulfonamides is 1. The molecule has 2 aromatic rings. The van der Waals surface area contributed by atoms with Gasteiger partial charge < -0.3 is 10.1 Å². The molecule has 1 aromatic carbocycles. The zero-order chi connectivity index (χ0) is 20.3. The zero-order valence-electron chi connectivity index (χ0n) is 16.3. The number of aromatic nitrogens is 1. The minimum atomic E-state index is -3.28. The van der Waals surface area contributed by atoms with E-state index < -0.39 is 10.0 Å². The smallest absolute Gasteiger partial charge is 0.228 e. The summed E-state index contributed by atoms with van der Waals surface area (Å²) in [5.41, 5.74) is 2.88. The summed E-state index contributed by atoms with van der Waals surface area (Å²) < 4.78 is 30.5. The molecule has 0 aliphatic carbocycles. The normalized spacial score (nSPS) is 17.9. The van der Waals surface area contributed by atoms with Crippen molar-refractivity contribution >= 4 is 21.6 Å². The van der Waals surface area contributed by atoms with Gasteiger partial charge in [0.1, 0.15) is 5.75 Å². The van der Waals surface area contributed by atoms with E-state index in [4.69, 9.17) is 4.74 Å². The Hall–Kier alpha value is -2.45. The van der Waals surface area contributed by atoms with E-state index in [1.54, 1.807) is 12.1 Å². The first kappa shape index (κ1) is 20.3. The van der Waals surface area contributed by atoms with Crippen molar-refractivity contribution in [3.8, 4) is 11.6 Å². The van der Waals surface area contributed by atoms with E-state index in [-0.39, 0.29) is 18.4 Å². The number of carbonyl (C=O) groups is 1. The third-order valence-electron chi connectivity index (χ3n) is 4.93. The predicted octanol–water partition coefficient (Wildman–Crippen LogP) is 3.10. The van der Waals surface area contributed by atoms with Crippen LogP contribution in [0.25, 0.3) is 0 Å². The number of anilines is 1. The van der Waals surface area contributed by atoms with Gasteiger partial charge in [-0.2, -0.15) is 0 Å². The Kier molecular flexibility index (Phi) is 6.00. The van der Waals surface area contributed by atoms with Crippen molar-refractivity contribution in [3.05, 3.63) is 47.7 Å². The average Bonchev–Trinajstić information content (AvgIpc) is 2.66. The highest BCUT2D eigenvalue weighted by Gasteiger charge is 2.30. The average molecular weight is 404 g/mol. The molecule has 1 N–H and O–H groups in total. The van der Waals surface area contributed by atoms with Gasteiger partial charge in [0.05, 0.1) is 24.1 Å². The fraction of sp³-hybridized carbons (Fsp3) is 0.400. The molecule has 1 saturated heterocycles. The minimum absolute atomic E-state index is 0.196. The zero-order valence-corrected chi connectivity index (χ0v) is 17.1. The maximum atomic E-state index is 12.5. The number of rotatable bonds is 5. The van der Waals surface area contributed by atoms with Gasteiger partial charge in [0.15, 0.2) is 0 Å². The van der Waals surface area contributed by atoms with Crippen LogP contribution in [0.2, 0.25) is 0 Å². The number of nitrogens with zero attached hydrogens (tertiary/aromatic N) is 2. The molecule has 0 radical (unpaired) electrons. The van der Waals surface area contributed by atoms with Crippen LogP contribution in [0.15, 0.2) is 36.5 Å². The van der Waals surface area contributed by atoms with Crippen LogP contribution in [0.1, 0.15) is 24.0 Å². The lowest BCUT2D eigenvalue weighted by molar-refractivity contribution is -0.120. The van der Waals surface area contributed by atoms with Gasteiger partial charge in [-0.15, -0.1) is 0 Å². The summed E-state index contributed by atoms with van der Waals surface area (Å²) in [6, 6.07) is 9.23. The molecule has 1 aliphatic heterocycles. The van der Waals surface area contributed by atoms with Gasteiger partial charge >= 0.3 is 0 Å². The van der Waals surface area contributed by atoms with Crippen LogP contribution in [0.4, 0.5) is 5.69 Å². The lowest BCUT2D eigenvalue weighted by Gasteiger charge is -2.30. The van der Waals surface area contributed by atoms with Gasteiger partial charge in [-0.05, 0) is 56.0 Å². The van der Waals surface area contributed by atoms with E-state index in [9.17, 15) is 13.2 Å². The Morgan fingerprint density at radius 1 is 1.21 bits per heavy atom. The maximum absolute atomic E-state index is 12.5. The van der Waals surface area contributed by atoms with E-state index in [2.05, 4.69) is 10.3 Å². The highest BCUT2D eigenvalue weighted by molar-refractivity contribution is 7.88. The van der Waals surface area contributed by atoms with Gasteiger partial charge in [0.2, 0.25) is 21.8 Å². The molecule has 1 aliphatic rings. The van der Waals surface area contributed by atoms with Crippen molar-refractivity contribution < 1.29 is 17.9 Å². The summed E-state index contributed by atoms with van der Waals surface area (Å²) in [6.07, 6.45) is 4.04. The van der Waals surface area contributed by atoms with Crippen LogP contribution in [-0.2, 0) is 14.8 Å². The molecule has 8 heteroatoms. The lowest BCUT2D eigenvalue weighted by atomic mass is 9.99. The topological polar surface area (TPSA) is 88.6 Å². The van der Waals surface area contributed by atoms with E-state index >= 15 is 0 Å². The van der Waals surface area contributed by atoms with Crippen molar-refractivity contribution in [2.45, 2.75) is 26.7 Å². The Labute approximate surface area is 165 Å². The second-order valence-electron chi connectivity index (χ2n) is 7.18. The predicted molar refractivity (Wildman–Crippen MR) is 108 cm³/mol. The number of benzene rings is 1. The molecule has 0 unspecified atom stereocenters. The fourth-order valence-electron chi connectivity index (χ4n) is 3.11. The van der Waals surface area contributed by atoms with Gasteiger partial charge in [0, 0.05) is 19.2 Å². The van der Waals surface area contributed by atoms with Gasteiger partial charge in [-0.25, -0.2) is 17.7 Å². The third-order valence-corrected chi connectivity index (χ3v) is 6.20. The van der Waals surface area contributed by atoms with E-state index in [0.29, 0.717) is 36.7 Å². The number of amides is 1. The number of aryl methyl sites for hydroxylation is 2. The molecule has 3 rings (SSSR count). The van der Waals surface area contributed by atoms with Crippen LogP contribution < -0.4 is 10.1 Å². The molecule has 1 amide bonds. The van der Waals surface area contributed by atoms with Crippen molar-refractivity contribution in [1.29, 1.82) is 0 Å². The Morgan fingerprint density at radius 2 is 2.00 bits per heavy atom. The van der Waals surface area contributed by atoms with Crippen LogP contribution in [0, 0.1) is 19.8 Å². The van der Waals surface area contributed by atoms with Crippen molar-refractivity contribution in [2.24, 2.45) is 5.92 Å². The molecule has 28 heavy (non-hydrogen) atoms. The fourth-order valence-corrected chi connectivity index (χ4v) is 4.03.